The Morgan fingerprint density at radius 2 is 2.33 bits per heavy atom. The van der Waals surface area contributed by atoms with E-state index in [1.807, 2.05) is 6.92 Å². The lowest BCUT2D eigenvalue weighted by molar-refractivity contribution is -0.155. The molecule has 7 nitrogen and oxygen atoms in total. The summed E-state index contributed by atoms with van der Waals surface area (Å²) in [5.74, 6) is -0.831. The van der Waals surface area contributed by atoms with Crippen LogP contribution in [0.4, 0.5) is 5.69 Å². The van der Waals surface area contributed by atoms with Crippen LogP contribution in [0.25, 0.3) is 0 Å². The fourth-order valence-electron chi connectivity index (χ4n) is 1.28. The van der Waals surface area contributed by atoms with Gasteiger partial charge in [0.05, 0.1) is 11.9 Å². The molecule has 0 saturated heterocycles. The van der Waals surface area contributed by atoms with E-state index in [1.165, 1.54) is 24.0 Å². The molecule has 0 bridgehead atoms. The van der Waals surface area contributed by atoms with Crippen molar-refractivity contribution < 1.29 is 14.3 Å². The van der Waals surface area contributed by atoms with Crippen LogP contribution < -0.4 is 11.1 Å². The Balaban J connectivity index is 2.37. The molecule has 3 N–H and O–H groups in total. The zero-order chi connectivity index (χ0) is 13.5. The Morgan fingerprint density at radius 1 is 1.61 bits per heavy atom. The van der Waals surface area contributed by atoms with Crippen LogP contribution in [-0.4, -0.2) is 34.3 Å². The van der Waals surface area contributed by atoms with Crippen LogP contribution in [-0.2, 0) is 20.9 Å². The lowest BCUT2D eigenvalue weighted by atomic mass is 10.3. The van der Waals surface area contributed by atoms with Gasteiger partial charge in [-0.2, -0.15) is 5.10 Å². The van der Waals surface area contributed by atoms with Gasteiger partial charge in [0.15, 0.2) is 6.10 Å². The maximum Gasteiger partial charge on any atom is 0.328 e. The Labute approximate surface area is 105 Å². The number of rotatable bonds is 6. The lowest BCUT2D eigenvalue weighted by Gasteiger charge is -2.12. The van der Waals surface area contributed by atoms with Crippen LogP contribution in [0.5, 0.6) is 0 Å². The average Bonchev–Trinajstić information content (AvgIpc) is 2.71. The van der Waals surface area contributed by atoms with Crippen LogP contribution in [0.3, 0.4) is 0 Å². The molecule has 1 rings (SSSR count). The van der Waals surface area contributed by atoms with E-state index in [-0.39, 0.29) is 12.5 Å². The van der Waals surface area contributed by atoms with Crippen LogP contribution in [0.15, 0.2) is 12.4 Å². The minimum atomic E-state index is -0.808. The number of hydrogen-bond donors (Lipinski definition) is 2. The molecule has 0 aliphatic heterocycles. The average molecular weight is 254 g/mol. The summed E-state index contributed by atoms with van der Waals surface area (Å²) in [5.41, 5.74) is 5.93. The summed E-state index contributed by atoms with van der Waals surface area (Å²) in [5, 5.41) is 6.49. The number of ether oxygens (including phenoxy) is 1. The fourth-order valence-corrected chi connectivity index (χ4v) is 1.28. The summed E-state index contributed by atoms with van der Waals surface area (Å²) in [7, 11) is 0. The Kier molecular flexibility index (Phi) is 5.16. The highest BCUT2D eigenvalue weighted by atomic mass is 16.5. The van der Waals surface area contributed by atoms with Gasteiger partial charge in [0.25, 0.3) is 5.91 Å². The molecule has 7 heteroatoms. The van der Waals surface area contributed by atoms with E-state index in [4.69, 9.17) is 10.5 Å². The number of nitrogen functional groups attached to an aromatic ring is 1. The number of nitrogens with zero attached hydrogens (tertiary/aromatic N) is 2. The summed E-state index contributed by atoms with van der Waals surface area (Å²) in [6.07, 6.45) is 2.98. The van der Waals surface area contributed by atoms with Gasteiger partial charge < -0.3 is 15.8 Å². The molecule has 18 heavy (non-hydrogen) atoms. The first-order valence-electron chi connectivity index (χ1n) is 5.78. The molecule has 0 aromatic carbocycles. The van der Waals surface area contributed by atoms with Crippen molar-refractivity contribution in [3.63, 3.8) is 0 Å². The predicted octanol–water partition coefficient (Wildman–Crippen LogP) is -0.0768. The van der Waals surface area contributed by atoms with E-state index in [1.54, 1.807) is 0 Å². The first-order valence-corrected chi connectivity index (χ1v) is 5.78. The molecule has 0 spiro atoms. The van der Waals surface area contributed by atoms with E-state index in [0.29, 0.717) is 12.2 Å². The largest absolute Gasteiger partial charge is 0.451 e. The number of esters is 1. The summed E-state index contributed by atoms with van der Waals surface area (Å²) >= 11 is 0. The van der Waals surface area contributed by atoms with Crippen LogP contribution in [0.2, 0.25) is 0 Å². The molecule has 1 atom stereocenters. The zero-order valence-corrected chi connectivity index (χ0v) is 10.5. The molecule has 0 aliphatic rings. The molecule has 1 aromatic rings. The van der Waals surface area contributed by atoms with Crippen LogP contribution in [0, 0.1) is 0 Å². The van der Waals surface area contributed by atoms with Gasteiger partial charge in [0.1, 0.15) is 6.54 Å². The van der Waals surface area contributed by atoms with Gasteiger partial charge >= 0.3 is 5.97 Å². The minimum Gasteiger partial charge on any atom is -0.451 e. The molecular formula is C11H18N4O3. The van der Waals surface area contributed by atoms with Crippen molar-refractivity contribution in [2.24, 2.45) is 0 Å². The highest BCUT2D eigenvalue weighted by Gasteiger charge is 2.17. The highest BCUT2D eigenvalue weighted by Crippen LogP contribution is 1.99. The SMILES string of the molecule is CCCNC(=O)C(C)OC(=O)Cn1cc(N)cn1. The minimum absolute atomic E-state index is 0.0669. The van der Waals surface area contributed by atoms with Crippen LogP contribution >= 0.6 is 0 Å². The van der Waals surface area contributed by atoms with Crippen LogP contribution in [0.1, 0.15) is 20.3 Å². The third-order valence-corrected chi connectivity index (χ3v) is 2.17. The Hall–Kier alpha value is -2.05. The maximum absolute atomic E-state index is 11.5. The van der Waals surface area contributed by atoms with Gasteiger partial charge in [0.2, 0.25) is 0 Å². The maximum atomic E-state index is 11.5. The van der Waals surface area contributed by atoms with Crippen molar-refractivity contribution in [2.75, 3.05) is 12.3 Å². The van der Waals surface area contributed by atoms with E-state index >= 15 is 0 Å². The first kappa shape index (κ1) is 14.0. The number of nitrogens with one attached hydrogen (secondary N) is 1. The summed E-state index contributed by atoms with van der Waals surface area (Å²) in [6, 6.07) is 0. The number of aromatic nitrogens is 2. The number of amides is 1. The van der Waals surface area contributed by atoms with Crippen molar-refractivity contribution >= 4 is 17.6 Å². The normalized spacial score (nSPS) is 11.9. The Morgan fingerprint density at radius 3 is 2.89 bits per heavy atom. The fraction of sp³-hybridized carbons (Fsp3) is 0.545. The number of carbonyl (C=O) groups excluding carboxylic acids is 2. The molecule has 1 aromatic heterocycles. The second-order valence-corrected chi connectivity index (χ2v) is 3.89. The van der Waals surface area contributed by atoms with Crippen molar-refractivity contribution in [3.8, 4) is 0 Å². The van der Waals surface area contributed by atoms with E-state index < -0.39 is 12.1 Å². The summed E-state index contributed by atoms with van der Waals surface area (Å²) in [4.78, 5) is 23.0. The van der Waals surface area contributed by atoms with Gasteiger partial charge in [-0.05, 0) is 13.3 Å². The molecule has 1 amide bonds. The molecule has 0 radical (unpaired) electrons. The topological polar surface area (TPSA) is 99.2 Å². The Bertz CT molecular complexity index is 416. The van der Waals surface area contributed by atoms with E-state index in [9.17, 15) is 9.59 Å². The van der Waals surface area contributed by atoms with Gasteiger partial charge in [-0.3, -0.25) is 14.3 Å². The number of nitrogens with two attached hydrogens (primary N) is 1. The van der Waals surface area contributed by atoms with Crippen molar-refractivity contribution in [3.05, 3.63) is 12.4 Å². The highest BCUT2D eigenvalue weighted by molar-refractivity contribution is 5.83. The second-order valence-electron chi connectivity index (χ2n) is 3.89. The molecule has 0 fully saturated rings. The quantitative estimate of drug-likeness (QED) is 0.692. The molecular weight excluding hydrogens is 236 g/mol. The zero-order valence-electron chi connectivity index (χ0n) is 10.5. The first-order chi connectivity index (χ1) is 8.52. The summed E-state index contributed by atoms with van der Waals surface area (Å²) in [6.45, 7) is 3.97. The van der Waals surface area contributed by atoms with Crippen molar-refractivity contribution in [1.29, 1.82) is 0 Å². The van der Waals surface area contributed by atoms with E-state index in [0.717, 1.165) is 6.42 Å². The number of hydrogen-bond acceptors (Lipinski definition) is 5. The summed E-state index contributed by atoms with van der Waals surface area (Å²) < 4.78 is 6.33. The molecule has 100 valence electrons. The number of anilines is 1. The third kappa shape index (κ3) is 4.44. The standard InChI is InChI=1S/C11H18N4O3/c1-3-4-13-11(17)8(2)18-10(16)7-15-6-9(12)5-14-15/h5-6,8H,3-4,7,12H2,1-2H3,(H,13,17). The second kappa shape index (κ2) is 6.63. The number of carbonyl (C=O) groups is 2. The smallest absolute Gasteiger partial charge is 0.328 e. The molecule has 0 aliphatic carbocycles. The van der Waals surface area contributed by atoms with Crippen molar-refractivity contribution in [1.82, 2.24) is 15.1 Å². The molecule has 1 heterocycles. The molecule has 0 saturated carbocycles. The molecule has 1 unspecified atom stereocenters. The third-order valence-electron chi connectivity index (χ3n) is 2.17. The van der Waals surface area contributed by atoms with E-state index in [2.05, 4.69) is 10.4 Å². The van der Waals surface area contributed by atoms with Gasteiger partial charge in [-0.1, -0.05) is 6.92 Å². The van der Waals surface area contributed by atoms with Gasteiger partial charge in [-0.15, -0.1) is 0 Å². The monoisotopic (exact) mass is 254 g/mol. The van der Waals surface area contributed by atoms with Gasteiger partial charge in [0, 0.05) is 12.7 Å². The predicted molar refractivity (Wildman–Crippen MR) is 65.5 cm³/mol. The lowest BCUT2D eigenvalue weighted by Crippen LogP contribution is -2.36. The van der Waals surface area contributed by atoms with Crippen molar-refractivity contribution in [2.45, 2.75) is 32.9 Å². The van der Waals surface area contributed by atoms with Gasteiger partial charge in [-0.25, -0.2) is 0 Å².